The van der Waals surface area contributed by atoms with Crippen molar-refractivity contribution < 1.29 is 17.9 Å². The fourth-order valence-electron chi connectivity index (χ4n) is 2.41. The van der Waals surface area contributed by atoms with Crippen molar-refractivity contribution in [3.05, 3.63) is 26.5 Å². The number of hydrogen-bond donors (Lipinski definition) is 0. The predicted molar refractivity (Wildman–Crippen MR) is 99.3 cm³/mol. The minimum atomic E-state index is -2.99. The highest BCUT2D eigenvalue weighted by molar-refractivity contribution is 9.10. The molecule has 0 spiro atoms. The van der Waals surface area contributed by atoms with Crippen LogP contribution in [-0.4, -0.2) is 21.4 Å². The summed E-state index contributed by atoms with van der Waals surface area (Å²) in [6, 6.07) is 1.52. The summed E-state index contributed by atoms with van der Waals surface area (Å²) in [5, 5.41) is 4.82. The van der Waals surface area contributed by atoms with Crippen LogP contribution in [0.3, 0.4) is 0 Å². The fraction of sp³-hybridized carbons (Fsp3) is 0.375. The van der Waals surface area contributed by atoms with Gasteiger partial charge in [0.15, 0.2) is 5.58 Å². The number of halogens is 5. The molecule has 0 aliphatic heterocycles. The Morgan fingerprint density at radius 2 is 1.92 bits per heavy atom. The van der Waals surface area contributed by atoms with E-state index in [-0.39, 0.29) is 26.5 Å². The summed E-state index contributed by atoms with van der Waals surface area (Å²) >= 11 is 15.9. The van der Waals surface area contributed by atoms with Gasteiger partial charge in [0.2, 0.25) is 11.8 Å². The molecule has 0 aliphatic rings. The molecule has 0 amide bonds. The van der Waals surface area contributed by atoms with Crippen molar-refractivity contribution in [2.24, 2.45) is 7.05 Å². The lowest BCUT2D eigenvalue weighted by atomic mass is 9.97. The van der Waals surface area contributed by atoms with Crippen molar-refractivity contribution in [1.29, 1.82) is 0 Å². The van der Waals surface area contributed by atoms with Gasteiger partial charge in [-0.15, -0.1) is 0 Å². The van der Waals surface area contributed by atoms with Crippen molar-refractivity contribution in [3.63, 3.8) is 0 Å². The van der Waals surface area contributed by atoms with Crippen LogP contribution in [0.1, 0.15) is 26.7 Å². The van der Waals surface area contributed by atoms with E-state index in [1.54, 1.807) is 0 Å². The number of rotatable bonds is 3. The van der Waals surface area contributed by atoms with Gasteiger partial charge in [-0.2, -0.15) is 13.9 Å². The van der Waals surface area contributed by atoms with E-state index in [1.807, 2.05) is 20.8 Å². The molecule has 3 rings (SSSR count). The summed E-state index contributed by atoms with van der Waals surface area (Å²) < 4.78 is 37.2. The Hall–Kier alpha value is -1.38. The highest BCUT2D eigenvalue weighted by Gasteiger charge is 2.28. The van der Waals surface area contributed by atoms with E-state index in [2.05, 4.69) is 30.7 Å². The lowest BCUT2D eigenvalue weighted by Gasteiger charge is -2.11. The van der Waals surface area contributed by atoms with E-state index in [4.69, 9.17) is 27.6 Å². The smallest absolute Gasteiger partial charge is 0.388 e. The Morgan fingerprint density at radius 3 is 2.50 bits per heavy atom. The van der Waals surface area contributed by atoms with Gasteiger partial charge in [-0.25, -0.2) is 9.67 Å². The Balaban J connectivity index is 2.31. The first-order valence-corrected chi connectivity index (χ1v) is 9.02. The van der Waals surface area contributed by atoms with Crippen LogP contribution in [0.4, 0.5) is 8.78 Å². The maximum absolute atomic E-state index is 12.7. The van der Waals surface area contributed by atoms with E-state index in [0.29, 0.717) is 27.6 Å². The first-order valence-electron chi connectivity index (χ1n) is 7.47. The third kappa shape index (κ3) is 3.30. The van der Waals surface area contributed by atoms with Gasteiger partial charge < -0.3 is 9.15 Å². The molecule has 0 unspecified atom stereocenters. The van der Waals surface area contributed by atoms with Crippen LogP contribution in [0.5, 0.6) is 5.88 Å². The number of aryl methyl sites for hydroxylation is 1. The summed E-state index contributed by atoms with van der Waals surface area (Å²) in [5.74, 6) is 0.332. The summed E-state index contributed by atoms with van der Waals surface area (Å²) in [4.78, 5) is 4.46. The van der Waals surface area contributed by atoms with Crippen molar-refractivity contribution in [3.8, 4) is 17.1 Å². The molecule has 5 nitrogen and oxygen atoms in total. The molecule has 140 valence electrons. The van der Waals surface area contributed by atoms with E-state index < -0.39 is 6.61 Å². The third-order valence-electron chi connectivity index (χ3n) is 3.59. The minimum absolute atomic E-state index is 0.135. The molecule has 0 N–H and O–H groups in total. The van der Waals surface area contributed by atoms with Crippen LogP contribution < -0.4 is 4.74 Å². The van der Waals surface area contributed by atoms with Crippen LogP contribution in [0.2, 0.25) is 10.0 Å². The second kappa shape index (κ2) is 6.65. The van der Waals surface area contributed by atoms with Crippen LogP contribution in [0, 0.1) is 0 Å². The molecule has 2 aromatic heterocycles. The maximum atomic E-state index is 12.7. The summed E-state index contributed by atoms with van der Waals surface area (Å²) in [7, 11) is 1.48. The predicted octanol–water partition coefficient (Wildman–Crippen LogP) is 6.20. The Morgan fingerprint density at radius 1 is 1.27 bits per heavy atom. The maximum Gasteiger partial charge on any atom is 0.388 e. The topological polar surface area (TPSA) is 53.1 Å². The zero-order valence-electron chi connectivity index (χ0n) is 14.2. The minimum Gasteiger partial charge on any atom is -0.439 e. The third-order valence-corrected chi connectivity index (χ3v) is 4.89. The number of fused-ring (bicyclic) bond motifs is 1. The molecule has 0 saturated heterocycles. The van der Waals surface area contributed by atoms with Gasteiger partial charge >= 0.3 is 6.61 Å². The fourth-order valence-corrected chi connectivity index (χ4v) is 3.61. The quantitative estimate of drug-likeness (QED) is 0.459. The highest BCUT2D eigenvalue weighted by Crippen LogP contribution is 2.45. The second-order valence-electron chi connectivity index (χ2n) is 6.63. The highest BCUT2D eigenvalue weighted by atomic mass is 79.9. The summed E-state index contributed by atoms with van der Waals surface area (Å²) in [5.41, 5.74) is 1.06. The molecule has 2 heterocycles. The Labute approximate surface area is 166 Å². The largest absolute Gasteiger partial charge is 0.439 e. The number of alkyl halides is 2. The van der Waals surface area contributed by atoms with Crippen molar-refractivity contribution in [2.45, 2.75) is 32.8 Å². The van der Waals surface area contributed by atoms with E-state index in [1.165, 1.54) is 17.8 Å². The number of nitrogens with zero attached hydrogens (tertiary/aromatic N) is 3. The molecule has 1 aromatic carbocycles. The zero-order valence-corrected chi connectivity index (χ0v) is 17.3. The van der Waals surface area contributed by atoms with E-state index in [0.717, 1.165) is 0 Å². The van der Waals surface area contributed by atoms with Crippen LogP contribution in [0.15, 0.2) is 15.0 Å². The normalized spacial score (nSPS) is 12.4. The van der Waals surface area contributed by atoms with Crippen LogP contribution in [-0.2, 0) is 12.5 Å². The van der Waals surface area contributed by atoms with Crippen molar-refractivity contribution in [2.75, 3.05) is 0 Å². The van der Waals surface area contributed by atoms with Gasteiger partial charge in [-0.05, 0) is 22.0 Å². The Kier molecular flexibility index (Phi) is 4.96. The average Bonchev–Trinajstić information content (AvgIpc) is 3.05. The first kappa shape index (κ1) is 19.4. The molecule has 26 heavy (non-hydrogen) atoms. The molecule has 10 heteroatoms. The van der Waals surface area contributed by atoms with Crippen molar-refractivity contribution in [1.82, 2.24) is 14.8 Å². The number of aromatic nitrogens is 3. The van der Waals surface area contributed by atoms with Gasteiger partial charge in [0.25, 0.3) is 0 Å². The van der Waals surface area contributed by atoms with Gasteiger partial charge in [-0.3, -0.25) is 0 Å². The lowest BCUT2D eigenvalue weighted by Crippen LogP contribution is -2.10. The second-order valence-corrected chi connectivity index (χ2v) is 8.24. The summed E-state index contributed by atoms with van der Waals surface area (Å²) in [6.07, 6.45) is 0. The SMILES string of the molecule is Cn1nc(-c2c(Cl)cc(Cl)c3nc(C(C)(C)C)oc23)c(Br)c1OC(F)F. The Bertz CT molecular complexity index is 996. The number of benzene rings is 1. The number of oxazole rings is 1. The van der Waals surface area contributed by atoms with Crippen molar-refractivity contribution >= 4 is 50.2 Å². The molecular formula is C16H14BrCl2F2N3O2. The molecule has 3 aromatic rings. The molecule has 0 fully saturated rings. The van der Waals surface area contributed by atoms with E-state index in [9.17, 15) is 8.78 Å². The van der Waals surface area contributed by atoms with Gasteiger partial charge in [-0.1, -0.05) is 44.0 Å². The number of ether oxygens (including phenoxy) is 1. The van der Waals surface area contributed by atoms with Crippen LogP contribution in [0.25, 0.3) is 22.4 Å². The molecule has 0 bridgehead atoms. The monoisotopic (exact) mass is 467 g/mol. The molecule has 0 aliphatic carbocycles. The standard InChI is InChI=1S/C16H14BrCl2F2N3O2/c1-16(2,3)14-22-10-7(19)5-6(18)8(12(10)25-14)11-9(17)13(24(4)23-11)26-15(20)21/h5,15H,1-4H3. The number of hydrogen-bond acceptors (Lipinski definition) is 4. The molecular weight excluding hydrogens is 455 g/mol. The van der Waals surface area contributed by atoms with Gasteiger partial charge in [0.05, 0.1) is 15.6 Å². The van der Waals surface area contributed by atoms with Crippen LogP contribution >= 0.6 is 39.1 Å². The van der Waals surface area contributed by atoms with Gasteiger partial charge in [0.1, 0.15) is 15.7 Å². The first-order chi connectivity index (χ1) is 12.0. The summed E-state index contributed by atoms with van der Waals surface area (Å²) in [6.45, 7) is 2.84. The molecule has 0 atom stereocenters. The average molecular weight is 469 g/mol. The lowest BCUT2D eigenvalue weighted by molar-refractivity contribution is -0.0558. The van der Waals surface area contributed by atoms with E-state index >= 15 is 0 Å². The zero-order chi connectivity index (χ0) is 19.4. The molecule has 0 radical (unpaired) electrons. The van der Waals surface area contributed by atoms with Gasteiger partial charge in [0, 0.05) is 12.5 Å². The molecule has 0 saturated carbocycles.